The van der Waals surface area contributed by atoms with Gasteiger partial charge in [0, 0.05) is 23.7 Å². The normalized spacial score (nSPS) is 35.3. The average Bonchev–Trinajstić information content (AvgIpc) is 2.95. The van der Waals surface area contributed by atoms with Gasteiger partial charge in [0.15, 0.2) is 0 Å². The summed E-state index contributed by atoms with van der Waals surface area (Å²) in [5, 5.41) is 2.72. The first-order valence-corrected chi connectivity index (χ1v) is 9.11. The molecule has 24 heavy (non-hydrogen) atoms. The van der Waals surface area contributed by atoms with Crippen molar-refractivity contribution in [2.24, 2.45) is 11.8 Å². The number of piperidine rings is 2. The van der Waals surface area contributed by atoms with Crippen LogP contribution in [0.1, 0.15) is 39.0 Å². The molecule has 0 unspecified atom stereocenters. The Morgan fingerprint density at radius 3 is 2.83 bits per heavy atom. The summed E-state index contributed by atoms with van der Waals surface area (Å²) in [6.45, 7) is 3.52. The molecule has 2 bridgehead atoms. The summed E-state index contributed by atoms with van der Waals surface area (Å²) < 4.78 is 18.7. The third kappa shape index (κ3) is 2.90. The van der Waals surface area contributed by atoms with Gasteiger partial charge in [-0.25, -0.2) is 9.18 Å². The minimum Gasteiger partial charge on any atom is -0.446 e. The van der Waals surface area contributed by atoms with Gasteiger partial charge in [0.05, 0.1) is 0 Å². The Morgan fingerprint density at radius 2 is 2.04 bits per heavy atom. The molecule has 1 amide bonds. The molecule has 0 radical (unpaired) electrons. The van der Waals surface area contributed by atoms with E-state index in [1.54, 1.807) is 12.1 Å². The summed E-state index contributed by atoms with van der Waals surface area (Å²) >= 11 is 0. The monoisotopic (exact) mass is 332 g/mol. The number of halogens is 1. The van der Waals surface area contributed by atoms with Gasteiger partial charge in [0.2, 0.25) is 0 Å². The zero-order valence-electron chi connectivity index (χ0n) is 14.1. The van der Waals surface area contributed by atoms with E-state index >= 15 is 0 Å². The maximum absolute atomic E-state index is 12.9. The van der Waals surface area contributed by atoms with E-state index in [2.05, 4.69) is 17.1 Å². The Morgan fingerprint density at radius 1 is 1.25 bits per heavy atom. The highest BCUT2D eigenvalue weighted by atomic mass is 19.1. The van der Waals surface area contributed by atoms with Crippen LogP contribution in [-0.2, 0) is 4.74 Å². The van der Waals surface area contributed by atoms with Crippen LogP contribution in [0.4, 0.5) is 14.9 Å². The van der Waals surface area contributed by atoms with Gasteiger partial charge in [-0.3, -0.25) is 10.2 Å². The first kappa shape index (κ1) is 15.9. The smallest absolute Gasteiger partial charge is 0.411 e. The van der Waals surface area contributed by atoms with Gasteiger partial charge in [0.1, 0.15) is 11.9 Å². The van der Waals surface area contributed by atoms with E-state index < -0.39 is 6.09 Å². The van der Waals surface area contributed by atoms with Crippen molar-refractivity contribution in [2.45, 2.75) is 57.2 Å². The summed E-state index contributed by atoms with van der Waals surface area (Å²) in [5.41, 5.74) is 0.565. The number of hydrogen-bond acceptors (Lipinski definition) is 3. The van der Waals surface area contributed by atoms with Crippen molar-refractivity contribution in [3.05, 3.63) is 30.1 Å². The third-order valence-corrected chi connectivity index (χ3v) is 6.23. The minimum atomic E-state index is -0.422. The van der Waals surface area contributed by atoms with E-state index in [9.17, 15) is 9.18 Å². The second kappa shape index (κ2) is 6.36. The number of carbonyl (C=O) groups is 1. The zero-order chi connectivity index (χ0) is 16.7. The van der Waals surface area contributed by atoms with Crippen LogP contribution in [-0.4, -0.2) is 35.7 Å². The molecule has 0 spiro atoms. The highest BCUT2D eigenvalue weighted by Gasteiger charge is 2.51. The highest BCUT2D eigenvalue weighted by Crippen LogP contribution is 2.48. The maximum atomic E-state index is 12.9. The fourth-order valence-electron chi connectivity index (χ4n) is 5.04. The molecular weight excluding hydrogens is 307 g/mol. The maximum Gasteiger partial charge on any atom is 0.411 e. The second-order valence-electron chi connectivity index (χ2n) is 7.51. The Kier molecular flexibility index (Phi) is 4.21. The van der Waals surface area contributed by atoms with Crippen molar-refractivity contribution in [3.8, 4) is 0 Å². The summed E-state index contributed by atoms with van der Waals surface area (Å²) in [7, 11) is 0. The van der Waals surface area contributed by atoms with Gasteiger partial charge < -0.3 is 4.74 Å². The van der Waals surface area contributed by atoms with E-state index in [-0.39, 0.29) is 11.9 Å². The molecule has 1 aromatic carbocycles. The Hall–Kier alpha value is -1.62. The van der Waals surface area contributed by atoms with Crippen LogP contribution in [0.5, 0.6) is 0 Å². The predicted octanol–water partition coefficient (Wildman–Crippen LogP) is 4.03. The Bertz CT molecular complexity index is 606. The van der Waals surface area contributed by atoms with Crippen LogP contribution in [0.25, 0.3) is 0 Å². The van der Waals surface area contributed by atoms with Crippen LogP contribution < -0.4 is 5.32 Å². The van der Waals surface area contributed by atoms with Crippen LogP contribution in [0.2, 0.25) is 0 Å². The van der Waals surface area contributed by atoms with Gasteiger partial charge in [-0.1, -0.05) is 6.42 Å². The second-order valence-corrected chi connectivity index (χ2v) is 7.51. The number of carbonyl (C=O) groups excluding carboxylic acids is 1. The third-order valence-electron chi connectivity index (χ3n) is 6.23. The number of nitrogens with one attached hydrogen (secondary N) is 1. The largest absolute Gasteiger partial charge is 0.446 e. The van der Waals surface area contributed by atoms with E-state index in [0.29, 0.717) is 29.6 Å². The van der Waals surface area contributed by atoms with E-state index in [1.807, 2.05) is 0 Å². The summed E-state index contributed by atoms with van der Waals surface area (Å²) in [4.78, 5) is 14.9. The van der Waals surface area contributed by atoms with Crippen molar-refractivity contribution in [1.29, 1.82) is 0 Å². The Balaban J connectivity index is 1.41. The number of amides is 1. The molecule has 4 rings (SSSR count). The number of fused-ring (bicyclic) bond motifs is 4. The standard InChI is InChI=1S/C19H25FN2O2/c1-12-13-10-16(17-4-2-3-9-22(12)17)18(11-13)24-19(23)21-15-7-5-14(20)6-8-15/h5-8,12-13,16-18H,2-4,9-11H2,1H3,(H,21,23)/t12-,13+,16+,17+,18+/m0/s1. The number of anilines is 1. The fraction of sp³-hybridized carbons (Fsp3) is 0.632. The lowest BCUT2D eigenvalue weighted by atomic mass is 9.81. The minimum absolute atomic E-state index is 0.00555. The van der Waals surface area contributed by atoms with Gasteiger partial charge >= 0.3 is 6.09 Å². The van der Waals surface area contributed by atoms with E-state index in [0.717, 1.165) is 6.42 Å². The molecule has 2 saturated heterocycles. The van der Waals surface area contributed by atoms with Crippen molar-refractivity contribution in [2.75, 3.05) is 11.9 Å². The highest BCUT2D eigenvalue weighted by molar-refractivity contribution is 5.84. The SMILES string of the molecule is C[C@H]1[C@@H]2C[C@H]([C@H]3CCCCN31)[C@H](OC(=O)Nc1ccc(F)cc1)C2. The fourth-order valence-corrected chi connectivity index (χ4v) is 5.04. The molecule has 5 heteroatoms. The average molecular weight is 332 g/mol. The number of rotatable bonds is 2. The van der Waals surface area contributed by atoms with E-state index in [4.69, 9.17) is 4.74 Å². The molecule has 1 aliphatic carbocycles. The van der Waals surface area contributed by atoms with Gasteiger partial charge in [0.25, 0.3) is 0 Å². The van der Waals surface area contributed by atoms with Crippen LogP contribution in [0.3, 0.4) is 0 Å². The molecule has 0 aromatic heterocycles. The van der Waals surface area contributed by atoms with E-state index in [1.165, 1.54) is 44.4 Å². The summed E-state index contributed by atoms with van der Waals surface area (Å²) in [6.07, 6.45) is 5.52. The lowest BCUT2D eigenvalue weighted by molar-refractivity contribution is -0.00871. The molecule has 3 fully saturated rings. The number of nitrogens with zero attached hydrogens (tertiary/aromatic N) is 1. The van der Waals surface area contributed by atoms with Crippen molar-refractivity contribution in [3.63, 3.8) is 0 Å². The first-order chi connectivity index (χ1) is 11.6. The number of hydrogen-bond donors (Lipinski definition) is 1. The zero-order valence-corrected chi connectivity index (χ0v) is 14.1. The van der Waals surface area contributed by atoms with Crippen LogP contribution in [0.15, 0.2) is 24.3 Å². The molecule has 1 N–H and O–H groups in total. The van der Waals surface area contributed by atoms with Gasteiger partial charge in [-0.15, -0.1) is 0 Å². The molecule has 4 nitrogen and oxygen atoms in total. The molecule has 5 atom stereocenters. The molecular formula is C19H25FN2O2. The molecule has 130 valence electrons. The lowest BCUT2D eigenvalue weighted by Gasteiger charge is -2.47. The lowest BCUT2D eigenvalue weighted by Crippen LogP contribution is -2.54. The first-order valence-electron chi connectivity index (χ1n) is 9.11. The van der Waals surface area contributed by atoms with Gasteiger partial charge in [-0.2, -0.15) is 0 Å². The molecule has 1 aromatic rings. The quantitative estimate of drug-likeness (QED) is 0.889. The number of ether oxygens (including phenoxy) is 1. The summed E-state index contributed by atoms with van der Waals surface area (Å²) in [6, 6.07) is 6.93. The van der Waals surface area contributed by atoms with Gasteiger partial charge in [-0.05, 0) is 69.3 Å². The van der Waals surface area contributed by atoms with Crippen LogP contribution >= 0.6 is 0 Å². The number of benzene rings is 1. The Labute approximate surface area is 142 Å². The topological polar surface area (TPSA) is 41.6 Å². The van der Waals surface area contributed by atoms with Crippen molar-refractivity contribution >= 4 is 11.8 Å². The summed E-state index contributed by atoms with van der Waals surface area (Å²) in [5.74, 6) is 0.781. The predicted molar refractivity (Wildman–Crippen MR) is 90.3 cm³/mol. The van der Waals surface area contributed by atoms with Crippen LogP contribution in [0, 0.1) is 17.7 Å². The van der Waals surface area contributed by atoms with Crippen molar-refractivity contribution in [1.82, 2.24) is 4.90 Å². The van der Waals surface area contributed by atoms with Crippen molar-refractivity contribution < 1.29 is 13.9 Å². The molecule has 1 saturated carbocycles. The molecule has 3 aliphatic rings. The molecule has 2 heterocycles. The molecule has 2 aliphatic heterocycles.